The molecule has 0 unspecified atom stereocenters. The largest absolute Gasteiger partial charge is 0.295 e. The van der Waals surface area contributed by atoms with E-state index < -0.39 is 10.7 Å². The minimum atomic E-state index is -0.496. The molecule has 3 aromatic rings. The summed E-state index contributed by atoms with van der Waals surface area (Å²) in [5.74, 6) is -0.633. The number of rotatable bonds is 6. The van der Waals surface area contributed by atoms with Gasteiger partial charge in [-0.1, -0.05) is 30.3 Å². The van der Waals surface area contributed by atoms with Gasteiger partial charge in [0, 0.05) is 17.7 Å². The van der Waals surface area contributed by atoms with Gasteiger partial charge in [0.15, 0.2) is 5.78 Å². The smallest absolute Gasteiger partial charge is 0.269 e. The summed E-state index contributed by atoms with van der Waals surface area (Å²) in [5.41, 5.74) is 2.09. The van der Waals surface area contributed by atoms with E-state index in [-0.39, 0.29) is 17.2 Å². The van der Waals surface area contributed by atoms with Crippen molar-refractivity contribution in [2.45, 2.75) is 6.92 Å². The maximum atomic E-state index is 12.6. The number of non-ortho nitro benzene ring substituents is 1. The lowest BCUT2D eigenvalue weighted by Gasteiger charge is -2.05. The van der Waals surface area contributed by atoms with Crippen molar-refractivity contribution in [3.05, 3.63) is 88.6 Å². The second-order valence-corrected chi connectivity index (χ2v) is 5.77. The average molecular weight is 361 g/mol. The molecule has 0 fully saturated rings. The Morgan fingerprint density at radius 2 is 1.70 bits per heavy atom. The number of aromatic nitrogens is 2. The van der Waals surface area contributed by atoms with Gasteiger partial charge in [0.25, 0.3) is 5.69 Å². The number of allylic oxidation sites excluding steroid dienone is 2. The van der Waals surface area contributed by atoms with E-state index >= 15 is 0 Å². The molecule has 3 rings (SSSR count). The lowest BCUT2D eigenvalue weighted by atomic mass is 10.1. The summed E-state index contributed by atoms with van der Waals surface area (Å²) < 4.78 is 1.42. The quantitative estimate of drug-likeness (QED) is 0.288. The molecular weight excluding hydrogens is 346 g/mol. The predicted octanol–water partition coefficient (Wildman–Crippen LogP) is 3.78. The highest BCUT2D eigenvalue weighted by atomic mass is 16.6. The number of nitro groups is 1. The Hall–Kier alpha value is -3.87. The summed E-state index contributed by atoms with van der Waals surface area (Å²) in [6.45, 7) is 1.35. The molecule has 0 saturated heterocycles. The zero-order valence-corrected chi connectivity index (χ0v) is 14.4. The van der Waals surface area contributed by atoms with Crippen molar-refractivity contribution in [1.82, 2.24) is 9.78 Å². The van der Waals surface area contributed by atoms with Crippen molar-refractivity contribution in [1.29, 1.82) is 0 Å². The molecule has 0 atom stereocenters. The first-order valence-electron chi connectivity index (χ1n) is 8.09. The number of hydrogen-bond donors (Lipinski definition) is 0. The molecule has 2 aromatic carbocycles. The van der Waals surface area contributed by atoms with E-state index in [2.05, 4.69) is 5.10 Å². The highest BCUT2D eigenvalue weighted by Gasteiger charge is 2.17. The summed E-state index contributed by atoms with van der Waals surface area (Å²) >= 11 is 0. The fraction of sp³-hybridized carbons (Fsp3) is 0.0500. The average Bonchev–Trinajstić information content (AvgIpc) is 3.12. The Kier molecular flexibility index (Phi) is 5.03. The molecule has 0 N–H and O–H groups in total. The molecule has 0 bridgehead atoms. The molecule has 0 aliphatic carbocycles. The number of nitrogens with zero attached hydrogens (tertiary/aromatic N) is 3. The summed E-state index contributed by atoms with van der Waals surface area (Å²) in [5, 5.41) is 15.3. The predicted molar refractivity (Wildman–Crippen MR) is 99.8 cm³/mol. The normalized spacial score (nSPS) is 10.9. The molecule has 0 saturated carbocycles. The van der Waals surface area contributed by atoms with E-state index in [1.165, 1.54) is 48.0 Å². The number of nitro benzene ring substituents is 1. The summed E-state index contributed by atoms with van der Waals surface area (Å²) in [6, 6.07) is 16.7. The maximum absolute atomic E-state index is 12.6. The van der Waals surface area contributed by atoms with Gasteiger partial charge in [-0.15, -0.1) is 0 Å². The van der Waals surface area contributed by atoms with Crippen LogP contribution in [0.1, 0.15) is 17.4 Å². The minimum absolute atomic E-state index is 0.0569. The first kappa shape index (κ1) is 17.9. The molecule has 1 aromatic heterocycles. The van der Waals surface area contributed by atoms with Gasteiger partial charge in [0.05, 0.1) is 16.3 Å². The van der Waals surface area contributed by atoms with Gasteiger partial charge >= 0.3 is 0 Å². The number of benzene rings is 2. The fourth-order valence-electron chi connectivity index (χ4n) is 2.50. The molecule has 0 aliphatic rings. The summed E-state index contributed by atoms with van der Waals surface area (Å²) in [4.78, 5) is 34.0. The van der Waals surface area contributed by atoms with Crippen LogP contribution in [0.25, 0.3) is 16.9 Å². The molecular formula is C20H15N3O4. The van der Waals surface area contributed by atoms with Crippen LogP contribution in [0, 0.1) is 10.1 Å². The SMILES string of the molecule is CC(=O)/C=C\C(=O)c1cc(-c2ccccc2)nn1-c1ccc([N+](=O)[O-])cc1. The van der Waals surface area contributed by atoms with E-state index in [0.29, 0.717) is 11.4 Å². The Balaban J connectivity index is 2.09. The molecule has 0 radical (unpaired) electrons. The van der Waals surface area contributed by atoms with Crippen molar-refractivity contribution in [3.63, 3.8) is 0 Å². The number of ketones is 2. The van der Waals surface area contributed by atoms with Crippen LogP contribution in [0.2, 0.25) is 0 Å². The molecule has 7 heteroatoms. The van der Waals surface area contributed by atoms with Gasteiger partial charge < -0.3 is 0 Å². The van der Waals surface area contributed by atoms with Crippen LogP contribution in [0.4, 0.5) is 5.69 Å². The van der Waals surface area contributed by atoms with Crippen LogP contribution in [0.15, 0.2) is 72.8 Å². The van der Waals surface area contributed by atoms with Crippen LogP contribution < -0.4 is 0 Å². The highest BCUT2D eigenvalue weighted by molar-refractivity contribution is 6.07. The zero-order chi connectivity index (χ0) is 19.4. The van der Waals surface area contributed by atoms with E-state index in [0.717, 1.165) is 5.56 Å². The molecule has 0 amide bonds. The van der Waals surface area contributed by atoms with Gasteiger partial charge in [0.1, 0.15) is 5.69 Å². The van der Waals surface area contributed by atoms with Crippen molar-refractivity contribution >= 4 is 17.3 Å². The monoisotopic (exact) mass is 361 g/mol. The van der Waals surface area contributed by atoms with Crippen molar-refractivity contribution in [2.24, 2.45) is 0 Å². The third kappa shape index (κ3) is 4.04. The maximum Gasteiger partial charge on any atom is 0.269 e. The second kappa shape index (κ2) is 7.57. The van der Waals surface area contributed by atoms with Gasteiger partial charge in [-0.3, -0.25) is 19.7 Å². The van der Waals surface area contributed by atoms with Gasteiger partial charge in [-0.25, -0.2) is 4.68 Å². The Labute approximate surface area is 154 Å². The summed E-state index contributed by atoms with van der Waals surface area (Å²) in [6.07, 6.45) is 2.38. The summed E-state index contributed by atoms with van der Waals surface area (Å²) in [7, 11) is 0. The Morgan fingerprint density at radius 1 is 1.04 bits per heavy atom. The van der Waals surface area contributed by atoms with E-state index in [1.807, 2.05) is 30.3 Å². The van der Waals surface area contributed by atoms with Crippen LogP contribution in [-0.2, 0) is 4.79 Å². The van der Waals surface area contributed by atoms with Crippen LogP contribution >= 0.6 is 0 Å². The van der Waals surface area contributed by atoms with Crippen molar-refractivity contribution < 1.29 is 14.5 Å². The first-order chi connectivity index (χ1) is 13.0. The van der Waals surface area contributed by atoms with Crippen LogP contribution in [-0.4, -0.2) is 26.3 Å². The van der Waals surface area contributed by atoms with Crippen molar-refractivity contribution in [3.8, 4) is 16.9 Å². The molecule has 134 valence electrons. The molecule has 7 nitrogen and oxygen atoms in total. The second-order valence-electron chi connectivity index (χ2n) is 5.77. The molecule has 0 spiro atoms. The van der Waals surface area contributed by atoms with Crippen molar-refractivity contribution in [2.75, 3.05) is 0 Å². The molecule has 1 heterocycles. The van der Waals surface area contributed by atoms with Gasteiger partial charge in [0.2, 0.25) is 5.78 Å². The topological polar surface area (TPSA) is 95.1 Å². The number of carbonyl (C=O) groups excluding carboxylic acids is 2. The van der Waals surface area contributed by atoms with Gasteiger partial charge in [-0.05, 0) is 37.3 Å². The van der Waals surface area contributed by atoms with E-state index in [4.69, 9.17) is 0 Å². The fourth-order valence-corrected chi connectivity index (χ4v) is 2.50. The van der Waals surface area contributed by atoms with E-state index in [9.17, 15) is 19.7 Å². The third-order valence-corrected chi connectivity index (χ3v) is 3.81. The minimum Gasteiger partial charge on any atom is -0.295 e. The first-order valence-corrected chi connectivity index (χ1v) is 8.09. The lowest BCUT2D eigenvalue weighted by Crippen LogP contribution is -2.07. The van der Waals surface area contributed by atoms with E-state index in [1.54, 1.807) is 6.07 Å². The Morgan fingerprint density at radius 3 is 2.30 bits per heavy atom. The van der Waals surface area contributed by atoms with Crippen LogP contribution in [0.3, 0.4) is 0 Å². The third-order valence-electron chi connectivity index (χ3n) is 3.81. The number of hydrogen-bond acceptors (Lipinski definition) is 5. The molecule has 27 heavy (non-hydrogen) atoms. The molecule has 0 aliphatic heterocycles. The highest BCUT2D eigenvalue weighted by Crippen LogP contribution is 2.23. The number of carbonyl (C=O) groups is 2. The van der Waals surface area contributed by atoms with Gasteiger partial charge in [-0.2, -0.15) is 5.10 Å². The standard InChI is InChI=1S/C20H15N3O4/c1-14(24)7-12-20(25)19-13-18(15-5-3-2-4-6-15)21-22(19)16-8-10-17(11-9-16)23(26)27/h2-13H,1H3/b12-7-. The lowest BCUT2D eigenvalue weighted by molar-refractivity contribution is -0.384. The zero-order valence-electron chi connectivity index (χ0n) is 14.4. The van der Waals surface area contributed by atoms with Crippen LogP contribution in [0.5, 0.6) is 0 Å². The Bertz CT molecular complexity index is 1030.